The smallest absolute Gasteiger partial charge is 0.200 e. The molecule has 1 aliphatic rings. The van der Waals surface area contributed by atoms with Crippen molar-refractivity contribution in [2.24, 2.45) is 0 Å². The minimum atomic E-state index is 0.0380. The largest absolute Gasteiger partial charge is 0.456 e. The van der Waals surface area contributed by atoms with E-state index in [4.69, 9.17) is 9.15 Å². The highest BCUT2D eigenvalue weighted by molar-refractivity contribution is 5.89. The highest BCUT2D eigenvalue weighted by Gasteiger charge is 2.10. The fourth-order valence-corrected chi connectivity index (χ4v) is 3.45. The van der Waals surface area contributed by atoms with Gasteiger partial charge in [-0.3, -0.25) is 9.69 Å². The Morgan fingerprint density at radius 1 is 1.00 bits per heavy atom. The predicted molar refractivity (Wildman–Crippen MR) is 104 cm³/mol. The molecule has 2 aromatic carbocycles. The molecule has 0 atom stereocenters. The summed E-state index contributed by atoms with van der Waals surface area (Å²) in [7, 11) is 0. The maximum atomic E-state index is 12.7. The summed E-state index contributed by atoms with van der Waals surface area (Å²) in [6, 6.07) is 13.3. The number of para-hydroxylation sites is 1. The van der Waals surface area contributed by atoms with Gasteiger partial charge in [0.05, 0.1) is 24.0 Å². The molecule has 0 amide bonds. The standard InChI is InChI=1S/C21H24N2O3/c24-21-17-4-1-2-5-19(17)26-20-7-6-16(14-18(20)21)15-22-8-3-9-23-10-12-25-13-11-23/h1-2,4-7,14,22H,3,8-13,15H2. The number of hydrogen-bond acceptors (Lipinski definition) is 5. The van der Waals surface area contributed by atoms with Gasteiger partial charge in [-0.1, -0.05) is 18.2 Å². The van der Waals surface area contributed by atoms with Gasteiger partial charge in [0, 0.05) is 19.6 Å². The van der Waals surface area contributed by atoms with Gasteiger partial charge in [0.1, 0.15) is 11.2 Å². The lowest BCUT2D eigenvalue weighted by molar-refractivity contribution is 0.0374. The zero-order valence-electron chi connectivity index (χ0n) is 14.9. The lowest BCUT2D eigenvalue weighted by atomic mass is 10.1. The van der Waals surface area contributed by atoms with Crippen molar-refractivity contribution in [3.63, 3.8) is 0 Å². The Bertz CT molecular complexity index is 945. The fraction of sp³-hybridized carbons (Fsp3) is 0.381. The Kier molecular flexibility index (Phi) is 5.29. The molecule has 1 saturated heterocycles. The number of benzene rings is 2. The molecule has 3 aromatic rings. The minimum Gasteiger partial charge on any atom is -0.456 e. The van der Waals surface area contributed by atoms with Crippen LogP contribution in [0.25, 0.3) is 21.9 Å². The average Bonchev–Trinajstić information content (AvgIpc) is 2.69. The summed E-state index contributed by atoms with van der Waals surface area (Å²) in [6.07, 6.45) is 1.11. The number of nitrogens with zero attached hydrogens (tertiary/aromatic N) is 1. The number of ether oxygens (including phenoxy) is 1. The summed E-state index contributed by atoms with van der Waals surface area (Å²) >= 11 is 0. The zero-order chi connectivity index (χ0) is 17.8. The maximum Gasteiger partial charge on any atom is 0.200 e. The van der Waals surface area contributed by atoms with Crippen molar-refractivity contribution < 1.29 is 9.15 Å². The van der Waals surface area contributed by atoms with Crippen molar-refractivity contribution in [2.75, 3.05) is 39.4 Å². The first-order valence-corrected chi connectivity index (χ1v) is 9.26. The normalized spacial score (nSPS) is 15.7. The molecule has 0 radical (unpaired) electrons. The Morgan fingerprint density at radius 3 is 2.69 bits per heavy atom. The lowest BCUT2D eigenvalue weighted by Gasteiger charge is -2.26. The van der Waals surface area contributed by atoms with Crippen molar-refractivity contribution in [2.45, 2.75) is 13.0 Å². The molecule has 0 saturated carbocycles. The van der Waals surface area contributed by atoms with Crippen molar-refractivity contribution >= 4 is 21.9 Å². The van der Waals surface area contributed by atoms with Crippen LogP contribution in [0, 0.1) is 0 Å². The molecule has 2 heterocycles. The number of fused-ring (bicyclic) bond motifs is 2. The Morgan fingerprint density at radius 2 is 1.81 bits per heavy atom. The second-order valence-electron chi connectivity index (χ2n) is 6.74. The number of hydrogen-bond donors (Lipinski definition) is 1. The molecule has 5 nitrogen and oxygen atoms in total. The van der Waals surface area contributed by atoms with Crippen LogP contribution >= 0.6 is 0 Å². The van der Waals surface area contributed by atoms with Gasteiger partial charge in [-0.05, 0) is 49.3 Å². The Hall–Kier alpha value is -2.21. The first kappa shape index (κ1) is 17.2. The van der Waals surface area contributed by atoms with E-state index in [1.807, 2.05) is 42.5 Å². The molecule has 0 spiro atoms. The van der Waals surface area contributed by atoms with Gasteiger partial charge in [0.2, 0.25) is 5.43 Å². The molecule has 1 aliphatic heterocycles. The van der Waals surface area contributed by atoms with Crippen LogP contribution < -0.4 is 10.7 Å². The van der Waals surface area contributed by atoms with Crippen LogP contribution in [0.2, 0.25) is 0 Å². The molecule has 1 N–H and O–H groups in total. The minimum absolute atomic E-state index is 0.0380. The van der Waals surface area contributed by atoms with E-state index in [-0.39, 0.29) is 5.43 Å². The Balaban J connectivity index is 1.38. The molecule has 4 rings (SSSR count). The van der Waals surface area contributed by atoms with Crippen molar-refractivity contribution in [3.05, 3.63) is 58.3 Å². The van der Waals surface area contributed by atoms with E-state index in [1.165, 1.54) is 0 Å². The van der Waals surface area contributed by atoms with E-state index < -0.39 is 0 Å². The summed E-state index contributed by atoms with van der Waals surface area (Å²) < 4.78 is 11.2. The molecular weight excluding hydrogens is 328 g/mol. The van der Waals surface area contributed by atoms with E-state index in [0.29, 0.717) is 21.9 Å². The fourth-order valence-electron chi connectivity index (χ4n) is 3.45. The zero-order valence-corrected chi connectivity index (χ0v) is 14.9. The van der Waals surface area contributed by atoms with Crippen LogP contribution in [0.3, 0.4) is 0 Å². The van der Waals surface area contributed by atoms with Gasteiger partial charge < -0.3 is 14.5 Å². The third-order valence-corrected chi connectivity index (χ3v) is 4.90. The van der Waals surface area contributed by atoms with E-state index in [9.17, 15) is 4.79 Å². The van der Waals surface area contributed by atoms with Gasteiger partial charge in [0.15, 0.2) is 0 Å². The number of nitrogens with one attached hydrogen (secondary N) is 1. The number of rotatable bonds is 6. The topological polar surface area (TPSA) is 54.7 Å². The molecule has 26 heavy (non-hydrogen) atoms. The summed E-state index contributed by atoms with van der Waals surface area (Å²) in [5.74, 6) is 0. The molecule has 136 valence electrons. The first-order chi connectivity index (χ1) is 12.8. The molecule has 0 aliphatic carbocycles. The third-order valence-electron chi connectivity index (χ3n) is 4.90. The van der Waals surface area contributed by atoms with Crippen LogP contribution in [0.1, 0.15) is 12.0 Å². The van der Waals surface area contributed by atoms with Gasteiger partial charge in [-0.2, -0.15) is 0 Å². The van der Waals surface area contributed by atoms with Crippen LogP contribution in [0.5, 0.6) is 0 Å². The average molecular weight is 352 g/mol. The van der Waals surface area contributed by atoms with Crippen LogP contribution in [0.15, 0.2) is 51.7 Å². The summed E-state index contributed by atoms with van der Waals surface area (Å²) in [5, 5.41) is 4.76. The summed E-state index contributed by atoms with van der Waals surface area (Å²) in [4.78, 5) is 15.1. The van der Waals surface area contributed by atoms with E-state index in [0.717, 1.165) is 57.9 Å². The van der Waals surface area contributed by atoms with E-state index >= 15 is 0 Å². The molecule has 5 heteroatoms. The first-order valence-electron chi connectivity index (χ1n) is 9.26. The maximum absolute atomic E-state index is 12.7. The van der Waals surface area contributed by atoms with Crippen LogP contribution in [-0.4, -0.2) is 44.3 Å². The highest BCUT2D eigenvalue weighted by Crippen LogP contribution is 2.19. The molecule has 1 aromatic heterocycles. The summed E-state index contributed by atoms with van der Waals surface area (Å²) in [5.41, 5.74) is 2.42. The van der Waals surface area contributed by atoms with Crippen molar-refractivity contribution in [3.8, 4) is 0 Å². The van der Waals surface area contributed by atoms with Gasteiger partial charge in [-0.15, -0.1) is 0 Å². The van der Waals surface area contributed by atoms with Crippen molar-refractivity contribution in [1.82, 2.24) is 10.2 Å². The summed E-state index contributed by atoms with van der Waals surface area (Å²) in [6.45, 7) is 6.59. The highest BCUT2D eigenvalue weighted by atomic mass is 16.5. The van der Waals surface area contributed by atoms with Gasteiger partial charge in [-0.25, -0.2) is 0 Å². The second-order valence-corrected chi connectivity index (χ2v) is 6.74. The lowest BCUT2D eigenvalue weighted by Crippen LogP contribution is -2.37. The van der Waals surface area contributed by atoms with E-state index in [1.54, 1.807) is 0 Å². The number of morpholine rings is 1. The van der Waals surface area contributed by atoms with Crippen molar-refractivity contribution in [1.29, 1.82) is 0 Å². The predicted octanol–water partition coefficient (Wildman–Crippen LogP) is 2.76. The third kappa shape index (κ3) is 3.80. The van der Waals surface area contributed by atoms with Gasteiger partial charge >= 0.3 is 0 Å². The van der Waals surface area contributed by atoms with Crippen LogP contribution in [-0.2, 0) is 11.3 Å². The molecule has 0 bridgehead atoms. The SMILES string of the molecule is O=c1c2ccccc2oc2ccc(CNCCCN3CCOCC3)cc12. The molecule has 0 unspecified atom stereocenters. The monoisotopic (exact) mass is 352 g/mol. The van der Waals surface area contributed by atoms with Crippen LogP contribution in [0.4, 0.5) is 0 Å². The Labute approximate surface area is 152 Å². The van der Waals surface area contributed by atoms with Gasteiger partial charge in [0.25, 0.3) is 0 Å². The molecule has 1 fully saturated rings. The second kappa shape index (κ2) is 7.99. The quantitative estimate of drug-likeness (QED) is 0.546. The molecular formula is C21H24N2O3. The van der Waals surface area contributed by atoms with E-state index in [2.05, 4.69) is 10.2 Å².